The molecule has 0 fully saturated rings. The van der Waals surface area contributed by atoms with Crippen LogP contribution in [0.3, 0.4) is 0 Å². The van der Waals surface area contributed by atoms with Gasteiger partial charge in [0.15, 0.2) is 11.6 Å². The summed E-state index contributed by atoms with van der Waals surface area (Å²) < 4.78 is 6.98. The maximum atomic E-state index is 5.42. The van der Waals surface area contributed by atoms with Crippen molar-refractivity contribution >= 4 is 85.9 Å². The topological polar surface area (TPSA) is 48.5 Å². The zero-order chi connectivity index (χ0) is 36.0. The lowest BCUT2D eigenvalue weighted by atomic mass is 10.0. The molecule has 0 bridgehead atoms. The quantitative estimate of drug-likeness (QED) is 0.182. The smallest absolute Gasteiger partial charge is 0.238 e. The molecule has 0 saturated carbocycles. The molecule has 0 aliphatic heterocycles. The van der Waals surface area contributed by atoms with Crippen LogP contribution in [0.2, 0.25) is 0 Å². The highest BCUT2D eigenvalue weighted by Gasteiger charge is 2.22. The number of hydrogen-bond donors (Lipinski definition) is 0. The second-order valence-corrected chi connectivity index (χ2v) is 15.1. The van der Waals surface area contributed by atoms with Gasteiger partial charge in [-0.2, -0.15) is 9.97 Å². The van der Waals surface area contributed by atoms with E-state index in [1.807, 2.05) is 18.2 Å². The van der Waals surface area contributed by atoms with E-state index in [1.54, 1.807) is 11.3 Å². The van der Waals surface area contributed by atoms with Gasteiger partial charge in [-0.25, -0.2) is 4.98 Å². The molecule has 0 aliphatic rings. The van der Waals surface area contributed by atoms with Crippen LogP contribution in [0, 0.1) is 0 Å². The molecule has 0 spiro atoms. The van der Waals surface area contributed by atoms with Crippen LogP contribution >= 0.6 is 11.3 Å². The molecule has 8 aromatic carbocycles. The van der Waals surface area contributed by atoms with Crippen LogP contribution in [-0.2, 0) is 0 Å². The van der Waals surface area contributed by atoms with E-state index in [1.165, 1.54) is 37.0 Å². The minimum Gasteiger partial charge on any atom is -0.309 e. The zero-order valence-corrected chi connectivity index (χ0v) is 30.2. The van der Waals surface area contributed by atoms with Gasteiger partial charge in [0.05, 0.1) is 22.1 Å². The van der Waals surface area contributed by atoms with Gasteiger partial charge >= 0.3 is 0 Å². The minimum absolute atomic E-state index is 0.587. The van der Waals surface area contributed by atoms with Crippen LogP contribution in [-0.4, -0.2) is 24.1 Å². The Labute approximate surface area is 319 Å². The fraction of sp³-hybridized carbons (Fsp3) is 0. The minimum atomic E-state index is 0.587. The molecule has 0 amide bonds. The highest BCUT2D eigenvalue weighted by molar-refractivity contribution is 7.26. The van der Waals surface area contributed by atoms with Crippen molar-refractivity contribution in [3.05, 3.63) is 176 Å². The highest BCUT2D eigenvalue weighted by Crippen LogP contribution is 2.44. The van der Waals surface area contributed by atoms with Crippen LogP contribution in [0.5, 0.6) is 0 Å². The van der Waals surface area contributed by atoms with Crippen LogP contribution in [0.4, 0.5) is 0 Å². The summed E-state index contributed by atoms with van der Waals surface area (Å²) in [7, 11) is 0. The first-order valence-electron chi connectivity index (χ1n) is 18.5. The van der Waals surface area contributed by atoms with Crippen molar-refractivity contribution in [3.8, 4) is 34.4 Å². The molecule has 12 rings (SSSR count). The lowest BCUT2D eigenvalue weighted by Gasteiger charge is -2.14. The third-order valence-electron chi connectivity index (χ3n) is 11.0. The van der Waals surface area contributed by atoms with Crippen molar-refractivity contribution in [2.24, 2.45) is 0 Å². The number of nitrogens with zero attached hydrogens (tertiary/aromatic N) is 5. The summed E-state index contributed by atoms with van der Waals surface area (Å²) >= 11 is 1.79. The van der Waals surface area contributed by atoms with Gasteiger partial charge in [-0.1, -0.05) is 133 Å². The Balaban J connectivity index is 1.21. The Kier molecular flexibility index (Phi) is 6.44. The molecule has 4 aromatic heterocycles. The molecule has 0 radical (unpaired) electrons. The van der Waals surface area contributed by atoms with E-state index in [0.717, 1.165) is 54.4 Å². The first kappa shape index (κ1) is 30.3. The normalized spacial score (nSPS) is 12.0. The number of para-hydroxylation sites is 3. The Bertz CT molecular complexity index is 3450. The van der Waals surface area contributed by atoms with Crippen molar-refractivity contribution in [1.29, 1.82) is 0 Å². The van der Waals surface area contributed by atoms with E-state index in [4.69, 9.17) is 15.0 Å². The second kappa shape index (κ2) is 11.7. The van der Waals surface area contributed by atoms with Gasteiger partial charge in [-0.15, -0.1) is 11.3 Å². The SMILES string of the molecule is c1ccc(-c2nc(-c3cc(-n4c5ccccc5c5c6ccccc6ccc54)cc4c3sc3ccccc34)nc(-n3c4ccccc4c4ccccc43)n2)cc1. The van der Waals surface area contributed by atoms with Gasteiger partial charge in [-0.05, 0) is 53.2 Å². The molecule has 55 heavy (non-hydrogen) atoms. The van der Waals surface area contributed by atoms with Gasteiger partial charge in [0, 0.05) is 58.5 Å². The molecular weight excluding hydrogens is 691 g/mol. The number of hydrogen-bond acceptors (Lipinski definition) is 4. The summed E-state index contributed by atoms with van der Waals surface area (Å²) in [5.41, 5.74) is 7.40. The lowest BCUT2D eigenvalue weighted by molar-refractivity contribution is 0.954. The number of rotatable bonds is 4. The standard InChI is InChI=1S/C49H29N5S/c1-2-15-31(16-3-1)47-50-48(52-49(51-47)54-40-22-10-6-18-34(40)35-19-7-11-23-41(35)54)39-29-32(28-38-36-20-9-13-25-44(36)55-46(38)39)53-42-24-12-8-21-37(42)45-33-17-5-4-14-30(33)26-27-43(45)53/h1-29H. The predicted octanol–water partition coefficient (Wildman–Crippen LogP) is 12.9. The van der Waals surface area contributed by atoms with Crippen molar-refractivity contribution in [1.82, 2.24) is 24.1 Å². The fourth-order valence-corrected chi connectivity index (χ4v) is 9.76. The van der Waals surface area contributed by atoms with E-state index < -0.39 is 0 Å². The molecule has 256 valence electrons. The van der Waals surface area contributed by atoms with E-state index in [0.29, 0.717) is 17.6 Å². The number of fused-ring (bicyclic) bond motifs is 11. The fourth-order valence-electron chi connectivity index (χ4n) is 8.56. The van der Waals surface area contributed by atoms with Crippen LogP contribution in [0.1, 0.15) is 0 Å². The average molecular weight is 720 g/mol. The molecule has 0 N–H and O–H groups in total. The van der Waals surface area contributed by atoms with Crippen molar-refractivity contribution in [2.45, 2.75) is 0 Å². The Hall–Kier alpha value is -7.15. The van der Waals surface area contributed by atoms with Crippen LogP contribution in [0.15, 0.2) is 176 Å². The van der Waals surface area contributed by atoms with Crippen molar-refractivity contribution in [2.75, 3.05) is 0 Å². The molecule has 0 aliphatic carbocycles. The number of aromatic nitrogens is 5. The molecular formula is C49H29N5S. The van der Waals surface area contributed by atoms with Crippen molar-refractivity contribution in [3.63, 3.8) is 0 Å². The number of thiophene rings is 1. The summed E-state index contributed by atoms with van der Waals surface area (Å²) in [4.78, 5) is 15.9. The third-order valence-corrected chi connectivity index (χ3v) is 12.2. The lowest BCUT2D eigenvalue weighted by Crippen LogP contribution is -2.06. The Morgan fingerprint density at radius 2 is 1.00 bits per heavy atom. The van der Waals surface area contributed by atoms with Crippen LogP contribution < -0.4 is 0 Å². The van der Waals surface area contributed by atoms with Gasteiger partial charge in [0.2, 0.25) is 5.95 Å². The van der Waals surface area contributed by atoms with Gasteiger partial charge in [-0.3, -0.25) is 4.57 Å². The maximum Gasteiger partial charge on any atom is 0.238 e. The third kappa shape index (κ3) is 4.49. The first-order chi connectivity index (χ1) is 27.3. The molecule has 4 heterocycles. The summed E-state index contributed by atoms with van der Waals surface area (Å²) in [6, 6.07) is 62.5. The molecule has 12 aromatic rings. The molecule has 6 heteroatoms. The van der Waals surface area contributed by atoms with E-state index in [9.17, 15) is 0 Å². The molecule has 5 nitrogen and oxygen atoms in total. The highest BCUT2D eigenvalue weighted by atomic mass is 32.1. The largest absolute Gasteiger partial charge is 0.309 e. The Morgan fingerprint density at radius 3 is 1.76 bits per heavy atom. The average Bonchev–Trinajstić information content (AvgIpc) is 3.91. The van der Waals surface area contributed by atoms with Crippen molar-refractivity contribution < 1.29 is 0 Å². The summed E-state index contributed by atoms with van der Waals surface area (Å²) in [6.07, 6.45) is 0. The maximum absolute atomic E-state index is 5.42. The van der Waals surface area contributed by atoms with E-state index >= 15 is 0 Å². The Morgan fingerprint density at radius 1 is 0.400 bits per heavy atom. The first-order valence-corrected chi connectivity index (χ1v) is 19.3. The summed E-state index contributed by atoms with van der Waals surface area (Å²) in [5.74, 6) is 1.85. The summed E-state index contributed by atoms with van der Waals surface area (Å²) in [5, 5.41) is 9.68. The second-order valence-electron chi connectivity index (χ2n) is 14.0. The molecule has 0 atom stereocenters. The van der Waals surface area contributed by atoms with E-state index in [-0.39, 0.29) is 0 Å². The van der Waals surface area contributed by atoms with Gasteiger partial charge in [0.25, 0.3) is 0 Å². The van der Waals surface area contributed by atoms with Crippen LogP contribution in [0.25, 0.3) is 109 Å². The monoisotopic (exact) mass is 719 g/mol. The number of benzene rings is 8. The van der Waals surface area contributed by atoms with Gasteiger partial charge < -0.3 is 4.57 Å². The molecule has 0 unspecified atom stereocenters. The summed E-state index contributed by atoms with van der Waals surface area (Å²) in [6.45, 7) is 0. The predicted molar refractivity (Wildman–Crippen MR) is 230 cm³/mol. The van der Waals surface area contributed by atoms with Gasteiger partial charge in [0.1, 0.15) is 0 Å². The zero-order valence-electron chi connectivity index (χ0n) is 29.4. The molecule has 0 saturated heterocycles. The van der Waals surface area contributed by atoms with E-state index in [2.05, 4.69) is 167 Å².